The number of aromatic nitrogens is 5. The van der Waals surface area contributed by atoms with Gasteiger partial charge in [0.2, 0.25) is 0 Å². The number of benzene rings is 10. The minimum absolute atomic E-state index is 0.620. The maximum absolute atomic E-state index is 5.54. The quantitative estimate of drug-likeness (QED) is 0.173. The summed E-state index contributed by atoms with van der Waals surface area (Å²) in [6, 6.07) is 76.1. The predicted octanol–water partition coefficient (Wildman–Crippen LogP) is 15.7. The van der Waals surface area contributed by atoms with Crippen molar-refractivity contribution >= 4 is 96.7 Å². The predicted molar refractivity (Wildman–Crippen MR) is 273 cm³/mol. The molecule has 0 bridgehead atoms. The van der Waals surface area contributed by atoms with Gasteiger partial charge < -0.3 is 9.13 Å². The number of thiophene rings is 1. The molecule has 4 heterocycles. The van der Waals surface area contributed by atoms with Crippen molar-refractivity contribution in [2.45, 2.75) is 0 Å². The highest BCUT2D eigenvalue weighted by atomic mass is 32.1. The van der Waals surface area contributed by atoms with E-state index < -0.39 is 0 Å². The Morgan fingerprint density at radius 3 is 1.75 bits per heavy atom. The zero-order valence-corrected chi connectivity index (χ0v) is 35.7. The van der Waals surface area contributed by atoms with E-state index in [1.165, 1.54) is 58.1 Å². The van der Waals surface area contributed by atoms with Crippen molar-refractivity contribution in [1.82, 2.24) is 24.1 Å². The van der Waals surface area contributed by atoms with E-state index in [1.807, 2.05) is 11.3 Å². The maximum atomic E-state index is 5.54. The molecule has 65 heavy (non-hydrogen) atoms. The van der Waals surface area contributed by atoms with Crippen LogP contribution in [0.25, 0.3) is 131 Å². The molecular weight excluding hydrogens is 811 g/mol. The minimum Gasteiger partial charge on any atom is -0.309 e. The molecule has 6 heteroatoms. The SMILES string of the molecule is c1ccc(-n2c3ccccc3c3cccc(-c4nc(-c5ccc6ccccc6c5)nc(-c5ccc(-n6c7ccccc7c7cc8ccccc8cc76)c6sc7ccccc7c56)n4)c32)cc1. The van der Waals surface area contributed by atoms with Gasteiger partial charge in [0, 0.05) is 59.4 Å². The van der Waals surface area contributed by atoms with Crippen LogP contribution in [0.4, 0.5) is 0 Å². The van der Waals surface area contributed by atoms with Gasteiger partial charge in [0.1, 0.15) is 0 Å². The van der Waals surface area contributed by atoms with Crippen LogP contribution in [0, 0.1) is 0 Å². The summed E-state index contributed by atoms with van der Waals surface area (Å²) in [5, 5.41) is 11.9. The van der Waals surface area contributed by atoms with E-state index in [2.05, 4.69) is 221 Å². The second-order valence-electron chi connectivity index (χ2n) is 16.8. The second kappa shape index (κ2) is 14.0. The number of hydrogen-bond acceptors (Lipinski definition) is 4. The fourth-order valence-corrected chi connectivity index (χ4v) is 11.4. The lowest BCUT2D eigenvalue weighted by Crippen LogP contribution is -2.03. The topological polar surface area (TPSA) is 48.5 Å². The standard InChI is InChI=1S/C59H35N5S/c1-2-19-41(20-3-1)63-49-26-11-8-21-42(49)44-24-14-25-47(55(44)63)59-61-57(40-30-29-36-15-4-5-16-37(36)33-40)60-58(62-59)46-31-32-51(56-54(46)45-23-10-13-28-53(45)65-56)64-50-27-12-9-22-43(50)48-34-38-17-6-7-18-39(38)35-52(48)64/h1-35H. The van der Waals surface area contributed by atoms with Crippen LogP contribution in [0.15, 0.2) is 212 Å². The van der Waals surface area contributed by atoms with Crippen molar-refractivity contribution < 1.29 is 0 Å². The summed E-state index contributed by atoms with van der Waals surface area (Å²) in [6.07, 6.45) is 0. The largest absolute Gasteiger partial charge is 0.309 e. The van der Waals surface area contributed by atoms with Gasteiger partial charge in [-0.2, -0.15) is 0 Å². The van der Waals surface area contributed by atoms with Crippen LogP contribution in [0.2, 0.25) is 0 Å². The van der Waals surface area contributed by atoms with Crippen LogP contribution in [0.1, 0.15) is 0 Å². The van der Waals surface area contributed by atoms with E-state index in [1.54, 1.807) is 0 Å². The van der Waals surface area contributed by atoms with Crippen LogP contribution < -0.4 is 0 Å². The molecule has 5 nitrogen and oxygen atoms in total. The van der Waals surface area contributed by atoms with Crippen LogP contribution >= 0.6 is 11.3 Å². The summed E-state index contributed by atoms with van der Waals surface area (Å²) < 4.78 is 7.21. The smallest absolute Gasteiger partial charge is 0.166 e. The van der Waals surface area contributed by atoms with Crippen LogP contribution in [-0.4, -0.2) is 24.1 Å². The number of fused-ring (bicyclic) bond motifs is 11. The molecule has 0 unspecified atom stereocenters. The van der Waals surface area contributed by atoms with E-state index in [9.17, 15) is 0 Å². The molecule has 302 valence electrons. The second-order valence-corrected chi connectivity index (χ2v) is 17.8. The molecule has 0 radical (unpaired) electrons. The highest BCUT2D eigenvalue weighted by Crippen LogP contribution is 2.46. The zero-order valence-electron chi connectivity index (χ0n) is 34.9. The minimum atomic E-state index is 0.620. The van der Waals surface area contributed by atoms with Crippen LogP contribution in [-0.2, 0) is 0 Å². The first kappa shape index (κ1) is 36.1. The average molecular weight is 846 g/mol. The summed E-state index contributed by atoms with van der Waals surface area (Å²) >= 11 is 1.83. The Bertz CT molecular complexity index is 4250. The lowest BCUT2D eigenvalue weighted by atomic mass is 10.0. The number of rotatable bonds is 5. The molecule has 0 N–H and O–H groups in total. The third-order valence-corrected chi connectivity index (χ3v) is 14.3. The molecule has 0 spiro atoms. The molecule has 4 aromatic heterocycles. The van der Waals surface area contributed by atoms with Crippen LogP contribution in [0.3, 0.4) is 0 Å². The lowest BCUT2D eigenvalue weighted by molar-refractivity contribution is 1.07. The Hall–Kier alpha value is -8.45. The molecule has 0 atom stereocenters. The van der Waals surface area contributed by atoms with E-state index in [0.717, 1.165) is 55.3 Å². The highest BCUT2D eigenvalue weighted by molar-refractivity contribution is 7.26. The van der Waals surface area contributed by atoms with Crippen molar-refractivity contribution in [2.75, 3.05) is 0 Å². The van der Waals surface area contributed by atoms with Gasteiger partial charge in [0.15, 0.2) is 17.5 Å². The highest BCUT2D eigenvalue weighted by Gasteiger charge is 2.24. The van der Waals surface area contributed by atoms with Crippen molar-refractivity contribution in [3.63, 3.8) is 0 Å². The van der Waals surface area contributed by atoms with E-state index in [-0.39, 0.29) is 0 Å². The Balaban J connectivity index is 1.08. The van der Waals surface area contributed by atoms with Gasteiger partial charge >= 0.3 is 0 Å². The third-order valence-electron chi connectivity index (χ3n) is 13.1. The molecule has 0 fully saturated rings. The Morgan fingerprint density at radius 1 is 0.354 bits per heavy atom. The number of nitrogens with zero attached hydrogens (tertiary/aromatic N) is 5. The van der Waals surface area contributed by atoms with Gasteiger partial charge in [-0.05, 0) is 88.3 Å². The Morgan fingerprint density at radius 2 is 0.954 bits per heavy atom. The van der Waals surface area contributed by atoms with Crippen molar-refractivity contribution in [1.29, 1.82) is 0 Å². The van der Waals surface area contributed by atoms with Gasteiger partial charge in [-0.3, -0.25) is 0 Å². The van der Waals surface area contributed by atoms with Gasteiger partial charge in [0.25, 0.3) is 0 Å². The average Bonchev–Trinajstić information content (AvgIpc) is 4.03. The summed E-state index contributed by atoms with van der Waals surface area (Å²) in [5.41, 5.74) is 9.59. The molecule has 14 rings (SSSR count). The third kappa shape index (κ3) is 5.48. The molecular formula is C59H35N5S. The molecule has 0 amide bonds. The molecule has 0 aliphatic heterocycles. The van der Waals surface area contributed by atoms with E-state index >= 15 is 0 Å². The first-order valence-corrected chi connectivity index (χ1v) is 22.8. The summed E-state index contributed by atoms with van der Waals surface area (Å²) in [5.74, 6) is 1.88. The van der Waals surface area contributed by atoms with E-state index in [0.29, 0.717) is 17.5 Å². The zero-order chi connectivity index (χ0) is 42.6. The molecule has 10 aromatic carbocycles. The monoisotopic (exact) mass is 845 g/mol. The number of hydrogen-bond donors (Lipinski definition) is 0. The number of para-hydroxylation sites is 4. The van der Waals surface area contributed by atoms with Crippen molar-refractivity contribution in [2.24, 2.45) is 0 Å². The van der Waals surface area contributed by atoms with Gasteiger partial charge in [-0.15, -0.1) is 11.3 Å². The molecule has 0 aliphatic carbocycles. The molecule has 0 aliphatic rings. The summed E-state index contributed by atoms with van der Waals surface area (Å²) in [6.45, 7) is 0. The summed E-state index contributed by atoms with van der Waals surface area (Å²) in [4.78, 5) is 16.4. The van der Waals surface area contributed by atoms with E-state index in [4.69, 9.17) is 15.0 Å². The van der Waals surface area contributed by atoms with Gasteiger partial charge in [0.05, 0.1) is 32.5 Å². The van der Waals surface area contributed by atoms with Crippen molar-refractivity contribution in [3.8, 4) is 45.5 Å². The Kier molecular flexibility index (Phi) is 7.79. The fraction of sp³-hybridized carbons (Fsp3) is 0. The summed E-state index contributed by atoms with van der Waals surface area (Å²) in [7, 11) is 0. The fourth-order valence-electron chi connectivity index (χ4n) is 10.2. The molecule has 0 saturated carbocycles. The molecule has 0 saturated heterocycles. The maximum Gasteiger partial charge on any atom is 0.166 e. The van der Waals surface area contributed by atoms with Crippen molar-refractivity contribution in [3.05, 3.63) is 212 Å². The normalized spacial score (nSPS) is 12.0. The van der Waals surface area contributed by atoms with Crippen LogP contribution in [0.5, 0.6) is 0 Å². The van der Waals surface area contributed by atoms with Gasteiger partial charge in [-0.25, -0.2) is 15.0 Å². The lowest BCUT2D eigenvalue weighted by Gasteiger charge is -2.15. The Labute approximate surface area is 376 Å². The first-order valence-electron chi connectivity index (χ1n) is 21.9. The van der Waals surface area contributed by atoms with Gasteiger partial charge in [-0.1, -0.05) is 146 Å². The first-order chi connectivity index (χ1) is 32.2. The molecule has 14 aromatic rings.